The van der Waals surface area contributed by atoms with Crippen LogP contribution in [0.3, 0.4) is 0 Å². The topological polar surface area (TPSA) is 12.5 Å². The zero-order valence-electron chi connectivity index (χ0n) is 17.9. The molecule has 150 valence electrons. The van der Waals surface area contributed by atoms with Crippen LogP contribution in [-0.4, -0.2) is 31.6 Å². The summed E-state index contributed by atoms with van der Waals surface area (Å²) in [5.74, 6) is 0.910. The van der Waals surface area contributed by atoms with Crippen molar-refractivity contribution < 1.29 is 4.74 Å². The molecule has 0 aliphatic rings. The highest BCUT2D eigenvalue weighted by atomic mass is 16.5. The number of benzene rings is 3. The average Bonchev–Trinajstić information content (AvgIpc) is 2.73. The molecule has 0 radical (unpaired) electrons. The first-order valence-electron chi connectivity index (χ1n) is 10.3. The molecule has 1 atom stereocenters. The molecule has 3 aromatic carbocycles. The summed E-state index contributed by atoms with van der Waals surface area (Å²) in [5.41, 5.74) is 6.36. The molecule has 2 nitrogen and oxygen atoms in total. The lowest BCUT2D eigenvalue weighted by Crippen LogP contribution is -2.27. The van der Waals surface area contributed by atoms with E-state index in [-0.39, 0.29) is 6.10 Å². The third kappa shape index (κ3) is 5.58. The van der Waals surface area contributed by atoms with Gasteiger partial charge in [0.1, 0.15) is 11.9 Å². The number of ether oxygens (including phenoxy) is 1. The Morgan fingerprint density at radius 2 is 1.28 bits per heavy atom. The van der Waals surface area contributed by atoms with E-state index in [0.29, 0.717) is 0 Å². The summed E-state index contributed by atoms with van der Waals surface area (Å²) in [7, 11) is 4.13. The number of hydrogen-bond donors (Lipinski definition) is 0. The molecule has 29 heavy (non-hydrogen) atoms. The Bertz CT molecular complexity index is 912. The summed E-state index contributed by atoms with van der Waals surface area (Å²) in [6, 6.07) is 29.9. The number of hydrogen-bond acceptors (Lipinski definition) is 2. The van der Waals surface area contributed by atoms with Crippen molar-refractivity contribution >= 4 is 11.1 Å². The van der Waals surface area contributed by atoms with Gasteiger partial charge in [-0.1, -0.05) is 79.7 Å². The molecule has 0 bridgehead atoms. The molecule has 0 saturated carbocycles. The Kier molecular flexibility index (Phi) is 7.26. The molecule has 0 N–H and O–H groups in total. The monoisotopic (exact) mass is 385 g/mol. The quantitative estimate of drug-likeness (QED) is 0.417. The van der Waals surface area contributed by atoms with Gasteiger partial charge in [-0.25, -0.2) is 0 Å². The summed E-state index contributed by atoms with van der Waals surface area (Å²) in [6.07, 6.45) is 1.11. The lowest BCUT2D eigenvalue weighted by molar-refractivity contribution is 0.177. The second-order valence-electron chi connectivity index (χ2n) is 7.65. The maximum absolute atomic E-state index is 6.08. The Morgan fingerprint density at radius 3 is 1.79 bits per heavy atom. The standard InChI is InChI=1S/C27H31NO/c1-5-26(22-12-8-6-9-13-22)27(23-14-10-7-11-15-23)24-16-18-25(19-17-24)29-21(2)20-28(3)4/h6-19,21H,5,20H2,1-4H3. The summed E-state index contributed by atoms with van der Waals surface area (Å²) < 4.78 is 6.08. The number of allylic oxidation sites excluding steroid dienone is 1. The van der Waals surface area contributed by atoms with Crippen LogP contribution in [0.4, 0.5) is 0 Å². The summed E-state index contributed by atoms with van der Waals surface area (Å²) in [4.78, 5) is 2.14. The van der Waals surface area contributed by atoms with Gasteiger partial charge in [0, 0.05) is 6.54 Å². The maximum atomic E-state index is 6.08. The zero-order valence-corrected chi connectivity index (χ0v) is 17.9. The van der Waals surface area contributed by atoms with E-state index < -0.39 is 0 Å². The van der Waals surface area contributed by atoms with Crippen LogP contribution >= 0.6 is 0 Å². The predicted octanol–water partition coefficient (Wildman–Crippen LogP) is 6.38. The SMILES string of the molecule is CCC(=C(c1ccccc1)c1ccc(OC(C)CN(C)C)cc1)c1ccccc1. The third-order valence-electron chi connectivity index (χ3n) is 4.94. The van der Waals surface area contributed by atoms with Gasteiger partial charge in [0.15, 0.2) is 0 Å². The zero-order chi connectivity index (χ0) is 20.6. The Hall–Kier alpha value is -2.84. The van der Waals surface area contributed by atoms with Crippen molar-refractivity contribution in [1.29, 1.82) is 0 Å². The fourth-order valence-electron chi connectivity index (χ4n) is 3.77. The van der Waals surface area contributed by atoms with Crippen molar-refractivity contribution in [2.75, 3.05) is 20.6 Å². The number of likely N-dealkylation sites (N-methyl/N-ethyl adjacent to an activating group) is 1. The van der Waals surface area contributed by atoms with E-state index >= 15 is 0 Å². The summed E-state index contributed by atoms with van der Waals surface area (Å²) >= 11 is 0. The molecular formula is C27H31NO. The van der Waals surface area contributed by atoms with E-state index in [2.05, 4.69) is 118 Å². The first kappa shape index (κ1) is 20.9. The van der Waals surface area contributed by atoms with Crippen LogP contribution < -0.4 is 4.74 Å². The van der Waals surface area contributed by atoms with Gasteiger partial charge in [0.2, 0.25) is 0 Å². The fraction of sp³-hybridized carbons (Fsp3) is 0.259. The van der Waals surface area contributed by atoms with Crippen molar-refractivity contribution in [3.63, 3.8) is 0 Å². The Balaban J connectivity index is 2.01. The first-order valence-corrected chi connectivity index (χ1v) is 10.3. The van der Waals surface area contributed by atoms with E-state index in [1.165, 1.54) is 27.8 Å². The van der Waals surface area contributed by atoms with Gasteiger partial charge in [-0.3, -0.25) is 0 Å². The molecule has 0 heterocycles. The summed E-state index contributed by atoms with van der Waals surface area (Å²) in [5, 5.41) is 0. The van der Waals surface area contributed by atoms with Gasteiger partial charge in [-0.15, -0.1) is 0 Å². The molecule has 0 aliphatic carbocycles. The molecule has 2 heteroatoms. The van der Waals surface area contributed by atoms with E-state index in [1.54, 1.807) is 0 Å². The van der Waals surface area contributed by atoms with Gasteiger partial charge in [0.05, 0.1) is 0 Å². The van der Waals surface area contributed by atoms with Gasteiger partial charge >= 0.3 is 0 Å². The lowest BCUT2D eigenvalue weighted by atomic mass is 9.88. The lowest BCUT2D eigenvalue weighted by Gasteiger charge is -2.20. The smallest absolute Gasteiger partial charge is 0.119 e. The van der Waals surface area contributed by atoms with Crippen LogP contribution in [0, 0.1) is 0 Å². The van der Waals surface area contributed by atoms with Crippen molar-refractivity contribution in [1.82, 2.24) is 4.90 Å². The van der Waals surface area contributed by atoms with Crippen molar-refractivity contribution in [3.05, 3.63) is 102 Å². The van der Waals surface area contributed by atoms with Crippen molar-refractivity contribution in [3.8, 4) is 5.75 Å². The largest absolute Gasteiger partial charge is 0.489 e. The predicted molar refractivity (Wildman–Crippen MR) is 124 cm³/mol. The van der Waals surface area contributed by atoms with E-state index in [4.69, 9.17) is 4.74 Å². The van der Waals surface area contributed by atoms with Crippen molar-refractivity contribution in [2.45, 2.75) is 26.4 Å². The van der Waals surface area contributed by atoms with E-state index in [1.807, 2.05) is 0 Å². The Labute approximate surface area is 175 Å². The highest BCUT2D eigenvalue weighted by Crippen LogP contribution is 2.34. The molecule has 1 unspecified atom stereocenters. The minimum absolute atomic E-state index is 0.149. The van der Waals surface area contributed by atoms with Gasteiger partial charge in [-0.05, 0) is 67.4 Å². The molecule has 0 spiro atoms. The fourth-order valence-corrected chi connectivity index (χ4v) is 3.77. The molecule has 0 amide bonds. The minimum atomic E-state index is 0.149. The highest BCUT2D eigenvalue weighted by Gasteiger charge is 2.13. The third-order valence-corrected chi connectivity index (χ3v) is 4.94. The molecule has 3 aromatic rings. The van der Waals surface area contributed by atoms with Gasteiger partial charge in [0.25, 0.3) is 0 Å². The Morgan fingerprint density at radius 1 is 0.759 bits per heavy atom. The number of rotatable bonds is 8. The molecule has 0 aromatic heterocycles. The van der Waals surface area contributed by atoms with Crippen LogP contribution in [0.15, 0.2) is 84.9 Å². The van der Waals surface area contributed by atoms with Crippen molar-refractivity contribution in [2.24, 2.45) is 0 Å². The van der Waals surface area contributed by atoms with Crippen LogP contribution in [0.2, 0.25) is 0 Å². The highest BCUT2D eigenvalue weighted by molar-refractivity contribution is 5.98. The summed E-state index contributed by atoms with van der Waals surface area (Å²) in [6.45, 7) is 5.23. The van der Waals surface area contributed by atoms with Gasteiger partial charge < -0.3 is 9.64 Å². The maximum Gasteiger partial charge on any atom is 0.119 e. The number of nitrogens with zero attached hydrogens (tertiary/aromatic N) is 1. The molecule has 3 rings (SSSR count). The van der Waals surface area contributed by atoms with E-state index in [0.717, 1.165) is 18.7 Å². The van der Waals surface area contributed by atoms with Crippen LogP contribution in [0.25, 0.3) is 11.1 Å². The normalized spacial score (nSPS) is 13.1. The second-order valence-corrected chi connectivity index (χ2v) is 7.65. The van der Waals surface area contributed by atoms with Gasteiger partial charge in [-0.2, -0.15) is 0 Å². The molecule has 0 saturated heterocycles. The average molecular weight is 386 g/mol. The van der Waals surface area contributed by atoms with Crippen LogP contribution in [0.5, 0.6) is 5.75 Å². The second kappa shape index (κ2) is 10.1. The molecule has 0 fully saturated rings. The minimum Gasteiger partial charge on any atom is -0.489 e. The molecular weight excluding hydrogens is 354 g/mol. The first-order chi connectivity index (χ1) is 14.1. The van der Waals surface area contributed by atoms with E-state index in [9.17, 15) is 0 Å². The molecule has 0 aliphatic heterocycles. The van der Waals surface area contributed by atoms with Crippen LogP contribution in [-0.2, 0) is 0 Å². The van der Waals surface area contributed by atoms with Crippen LogP contribution in [0.1, 0.15) is 37.0 Å².